The SMILES string of the molecule is Cc1nn(CC(=O)N[C@H](C)CCC(C)C)c(=O)c(C#N)c1C. The molecule has 120 valence electrons. The predicted molar refractivity (Wildman–Crippen MR) is 84.4 cm³/mol. The molecule has 0 aliphatic rings. The van der Waals surface area contributed by atoms with Gasteiger partial charge in [0, 0.05) is 6.04 Å². The van der Waals surface area contributed by atoms with E-state index in [2.05, 4.69) is 24.3 Å². The Morgan fingerprint density at radius 2 is 1.95 bits per heavy atom. The van der Waals surface area contributed by atoms with E-state index in [1.807, 2.05) is 13.0 Å². The van der Waals surface area contributed by atoms with E-state index in [0.717, 1.165) is 17.5 Å². The Morgan fingerprint density at radius 3 is 2.50 bits per heavy atom. The number of rotatable bonds is 6. The Labute approximate surface area is 131 Å². The van der Waals surface area contributed by atoms with Gasteiger partial charge in [0.15, 0.2) is 0 Å². The molecule has 0 saturated heterocycles. The van der Waals surface area contributed by atoms with Crippen molar-refractivity contribution in [3.05, 3.63) is 27.2 Å². The minimum absolute atomic E-state index is 0.0487. The van der Waals surface area contributed by atoms with Crippen LogP contribution < -0.4 is 10.9 Å². The van der Waals surface area contributed by atoms with Crippen LogP contribution in [0.3, 0.4) is 0 Å². The molecule has 1 aromatic heterocycles. The largest absolute Gasteiger partial charge is 0.352 e. The number of hydrogen-bond donors (Lipinski definition) is 1. The van der Waals surface area contributed by atoms with Crippen molar-refractivity contribution in [3.63, 3.8) is 0 Å². The molecule has 1 heterocycles. The van der Waals surface area contributed by atoms with E-state index >= 15 is 0 Å². The van der Waals surface area contributed by atoms with Crippen molar-refractivity contribution < 1.29 is 4.79 Å². The molecule has 0 aliphatic carbocycles. The van der Waals surface area contributed by atoms with Gasteiger partial charge in [-0.3, -0.25) is 9.59 Å². The molecule has 0 bridgehead atoms. The Hall–Kier alpha value is -2.16. The van der Waals surface area contributed by atoms with Crippen molar-refractivity contribution in [2.24, 2.45) is 5.92 Å². The Kier molecular flexibility index (Phi) is 6.29. The first-order valence-electron chi connectivity index (χ1n) is 7.54. The average Bonchev–Trinajstić information content (AvgIpc) is 2.43. The first kappa shape index (κ1) is 17.9. The summed E-state index contributed by atoms with van der Waals surface area (Å²) in [5, 5.41) is 16.0. The minimum atomic E-state index is -0.518. The fourth-order valence-corrected chi connectivity index (χ4v) is 2.12. The topological polar surface area (TPSA) is 87.8 Å². The second-order valence-corrected chi connectivity index (χ2v) is 6.10. The van der Waals surface area contributed by atoms with E-state index in [4.69, 9.17) is 5.26 Å². The van der Waals surface area contributed by atoms with Gasteiger partial charge in [0.25, 0.3) is 5.56 Å². The highest BCUT2D eigenvalue weighted by Gasteiger charge is 2.15. The summed E-state index contributed by atoms with van der Waals surface area (Å²) >= 11 is 0. The number of hydrogen-bond acceptors (Lipinski definition) is 4. The highest BCUT2D eigenvalue weighted by atomic mass is 16.2. The third-order valence-corrected chi connectivity index (χ3v) is 3.63. The van der Waals surface area contributed by atoms with Crippen LogP contribution in [0.4, 0.5) is 0 Å². The molecule has 0 aromatic carbocycles. The van der Waals surface area contributed by atoms with Gasteiger partial charge in [-0.1, -0.05) is 13.8 Å². The standard InChI is InChI=1S/C16H24N4O2/c1-10(2)6-7-11(3)18-15(21)9-20-16(22)14(8-17)12(4)13(5)19-20/h10-11H,6-7,9H2,1-5H3,(H,18,21)/t11-/m1/s1. The fraction of sp³-hybridized carbons (Fsp3) is 0.625. The molecule has 6 heteroatoms. The maximum Gasteiger partial charge on any atom is 0.285 e. The zero-order valence-electron chi connectivity index (χ0n) is 13.9. The van der Waals surface area contributed by atoms with Gasteiger partial charge in [-0.15, -0.1) is 0 Å². The van der Waals surface area contributed by atoms with Crippen LogP contribution in [-0.2, 0) is 11.3 Å². The molecule has 0 saturated carbocycles. The van der Waals surface area contributed by atoms with Crippen molar-refractivity contribution >= 4 is 5.91 Å². The fourth-order valence-electron chi connectivity index (χ4n) is 2.12. The molecule has 6 nitrogen and oxygen atoms in total. The molecular weight excluding hydrogens is 280 g/mol. The quantitative estimate of drug-likeness (QED) is 0.866. The first-order valence-corrected chi connectivity index (χ1v) is 7.54. The number of aromatic nitrogens is 2. The highest BCUT2D eigenvalue weighted by molar-refractivity contribution is 5.75. The van der Waals surface area contributed by atoms with Gasteiger partial charge in [-0.25, -0.2) is 4.68 Å². The number of aryl methyl sites for hydroxylation is 1. The number of nitrogens with zero attached hydrogens (tertiary/aromatic N) is 3. The summed E-state index contributed by atoms with van der Waals surface area (Å²) < 4.78 is 1.06. The lowest BCUT2D eigenvalue weighted by Crippen LogP contribution is -2.39. The monoisotopic (exact) mass is 304 g/mol. The zero-order chi connectivity index (χ0) is 16.9. The molecule has 0 aliphatic heterocycles. The van der Waals surface area contributed by atoms with Crippen LogP contribution in [0.1, 0.15) is 50.4 Å². The van der Waals surface area contributed by atoms with E-state index in [-0.39, 0.29) is 24.1 Å². The summed E-state index contributed by atoms with van der Waals surface area (Å²) in [6, 6.07) is 1.94. The van der Waals surface area contributed by atoms with Crippen molar-refractivity contribution in [2.75, 3.05) is 0 Å². The second kappa shape index (κ2) is 7.74. The van der Waals surface area contributed by atoms with Crippen LogP contribution in [0.2, 0.25) is 0 Å². The van der Waals surface area contributed by atoms with Crippen molar-refractivity contribution in [3.8, 4) is 6.07 Å². The Bertz CT molecular complexity index is 641. The van der Waals surface area contributed by atoms with Crippen LogP contribution in [0.5, 0.6) is 0 Å². The predicted octanol–water partition coefficient (Wildman–Crippen LogP) is 1.67. The lowest BCUT2D eigenvalue weighted by Gasteiger charge is -2.15. The zero-order valence-corrected chi connectivity index (χ0v) is 13.9. The number of carbonyl (C=O) groups excluding carboxylic acids is 1. The van der Waals surface area contributed by atoms with E-state index in [0.29, 0.717) is 17.2 Å². The number of nitriles is 1. The third-order valence-electron chi connectivity index (χ3n) is 3.63. The van der Waals surface area contributed by atoms with E-state index < -0.39 is 5.56 Å². The smallest absolute Gasteiger partial charge is 0.285 e. The summed E-state index contributed by atoms with van der Waals surface area (Å²) in [6.45, 7) is 9.45. The van der Waals surface area contributed by atoms with Gasteiger partial charge < -0.3 is 5.32 Å². The van der Waals surface area contributed by atoms with Gasteiger partial charge in [-0.2, -0.15) is 10.4 Å². The molecule has 0 fully saturated rings. The Balaban J connectivity index is 2.80. The first-order chi connectivity index (χ1) is 10.3. The summed E-state index contributed by atoms with van der Waals surface area (Å²) in [4.78, 5) is 24.1. The van der Waals surface area contributed by atoms with Crippen LogP contribution >= 0.6 is 0 Å². The molecule has 1 aromatic rings. The van der Waals surface area contributed by atoms with Crippen LogP contribution in [0.15, 0.2) is 4.79 Å². The molecule has 0 radical (unpaired) electrons. The molecule has 22 heavy (non-hydrogen) atoms. The summed E-state index contributed by atoms with van der Waals surface area (Å²) in [6.07, 6.45) is 1.92. The molecular formula is C16H24N4O2. The summed E-state index contributed by atoms with van der Waals surface area (Å²) in [5.41, 5.74) is 0.676. The van der Waals surface area contributed by atoms with E-state index in [1.165, 1.54) is 0 Å². The van der Waals surface area contributed by atoms with Crippen LogP contribution in [-0.4, -0.2) is 21.7 Å². The lowest BCUT2D eigenvalue weighted by molar-refractivity contribution is -0.122. The lowest BCUT2D eigenvalue weighted by atomic mass is 10.0. The van der Waals surface area contributed by atoms with Crippen molar-refractivity contribution in [1.82, 2.24) is 15.1 Å². The molecule has 1 rings (SSSR count). The van der Waals surface area contributed by atoms with Gasteiger partial charge in [0.2, 0.25) is 5.91 Å². The molecule has 0 unspecified atom stereocenters. The average molecular weight is 304 g/mol. The summed E-state index contributed by atoms with van der Waals surface area (Å²) in [7, 11) is 0. The maximum atomic E-state index is 12.1. The van der Waals surface area contributed by atoms with Crippen molar-refractivity contribution in [2.45, 2.75) is 60.0 Å². The number of carbonyl (C=O) groups is 1. The van der Waals surface area contributed by atoms with E-state index in [9.17, 15) is 9.59 Å². The van der Waals surface area contributed by atoms with Gasteiger partial charge in [0.05, 0.1) is 5.69 Å². The highest BCUT2D eigenvalue weighted by Crippen LogP contribution is 2.07. The molecule has 0 spiro atoms. The van der Waals surface area contributed by atoms with Crippen LogP contribution in [0.25, 0.3) is 0 Å². The normalized spacial score (nSPS) is 12.0. The molecule has 1 N–H and O–H groups in total. The minimum Gasteiger partial charge on any atom is -0.352 e. The number of amides is 1. The molecule has 1 atom stereocenters. The van der Waals surface area contributed by atoms with Crippen molar-refractivity contribution in [1.29, 1.82) is 5.26 Å². The van der Waals surface area contributed by atoms with E-state index in [1.54, 1.807) is 13.8 Å². The molecule has 1 amide bonds. The van der Waals surface area contributed by atoms with Gasteiger partial charge in [0.1, 0.15) is 18.2 Å². The second-order valence-electron chi connectivity index (χ2n) is 6.10. The maximum absolute atomic E-state index is 12.1. The number of nitrogens with one attached hydrogen (secondary N) is 1. The van der Waals surface area contributed by atoms with Gasteiger partial charge in [-0.05, 0) is 45.1 Å². The summed E-state index contributed by atoms with van der Waals surface area (Å²) in [5.74, 6) is 0.319. The Morgan fingerprint density at radius 1 is 1.32 bits per heavy atom. The van der Waals surface area contributed by atoms with Crippen LogP contribution in [0, 0.1) is 31.1 Å². The third kappa shape index (κ3) is 4.69. The van der Waals surface area contributed by atoms with Gasteiger partial charge >= 0.3 is 0 Å².